The Morgan fingerprint density at radius 1 is 1.40 bits per heavy atom. The number of nitrogens with one attached hydrogen (secondary N) is 1. The zero-order valence-corrected chi connectivity index (χ0v) is 11.7. The van der Waals surface area contributed by atoms with Gasteiger partial charge in [-0.05, 0) is 55.6 Å². The third-order valence-corrected chi connectivity index (χ3v) is 4.96. The SMILES string of the molecule is N#Cc1ccc(C(=O)OCCC2CCCCC23CC3)[nH]1. The van der Waals surface area contributed by atoms with Gasteiger partial charge in [0, 0.05) is 0 Å². The van der Waals surface area contributed by atoms with Crippen LogP contribution in [0.15, 0.2) is 12.1 Å². The molecule has 0 bridgehead atoms. The van der Waals surface area contributed by atoms with Gasteiger partial charge in [-0.2, -0.15) is 5.26 Å². The van der Waals surface area contributed by atoms with Crippen LogP contribution in [0.4, 0.5) is 0 Å². The molecule has 2 fully saturated rings. The summed E-state index contributed by atoms with van der Waals surface area (Å²) in [6, 6.07) is 5.16. The number of hydrogen-bond acceptors (Lipinski definition) is 3. The maximum absolute atomic E-state index is 11.8. The molecular formula is C16H20N2O2. The number of rotatable bonds is 4. The van der Waals surface area contributed by atoms with Gasteiger partial charge in [0.25, 0.3) is 0 Å². The van der Waals surface area contributed by atoms with Crippen molar-refractivity contribution in [2.75, 3.05) is 6.61 Å². The summed E-state index contributed by atoms with van der Waals surface area (Å²) < 4.78 is 5.33. The standard InChI is InChI=1S/C16H20N2O2/c17-11-13-4-5-14(18-13)15(19)20-10-6-12-3-1-2-7-16(12)8-9-16/h4-5,12,18H,1-3,6-10H2. The summed E-state index contributed by atoms with van der Waals surface area (Å²) in [7, 11) is 0. The largest absolute Gasteiger partial charge is 0.461 e. The first-order valence-electron chi connectivity index (χ1n) is 7.50. The first-order chi connectivity index (χ1) is 9.73. The average molecular weight is 272 g/mol. The van der Waals surface area contributed by atoms with Crippen LogP contribution in [0.2, 0.25) is 0 Å². The topological polar surface area (TPSA) is 65.9 Å². The minimum atomic E-state index is -0.354. The van der Waals surface area contributed by atoms with Crippen molar-refractivity contribution < 1.29 is 9.53 Å². The van der Waals surface area contributed by atoms with Crippen LogP contribution in [0.25, 0.3) is 0 Å². The highest BCUT2D eigenvalue weighted by molar-refractivity contribution is 5.87. The molecule has 1 N–H and O–H groups in total. The van der Waals surface area contributed by atoms with Gasteiger partial charge in [0.05, 0.1) is 6.61 Å². The number of aromatic amines is 1. The molecule has 0 radical (unpaired) electrons. The van der Waals surface area contributed by atoms with Gasteiger partial charge in [0.1, 0.15) is 17.5 Å². The van der Waals surface area contributed by atoms with E-state index in [1.54, 1.807) is 12.1 Å². The van der Waals surface area contributed by atoms with Crippen molar-refractivity contribution in [3.63, 3.8) is 0 Å². The number of aromatic nitrogens is 1. The van der Waals surface area contributed by atoms with E-state index in [-0.39, 0.29) is 5.97 Å². The number of carbonyl (C=O) groups is 1. The van der Waals surface area contributed by atoms with Crippen LogP contribution in [0.3, 0.4) is 0 Å². The van der Waals surface area contributed by atoms with Crippen LogP contribution in [0.5, 0.6) is 0 Å². The predicted molar refractivity (Wildman–Crippen MR) is 74.0 cm³/mol. The molecule has 1 atom stereocenters. The van der Waals surface area contributed by atoms with Crippen molar-refractivity contribution >= 4 is 5.97 Å². The summed E-state index contributed by atoms with van der Waals surface area (Å²) in [5, 5.41) is 8.71. The minimum absolute atomic E-state index is 0.354. The highest BCUT2D eigenvalue weighted by atomic mass is 16.5. The van der Waals surface area contributed by atoms with E-state index in [4.69, 9.17) is 10.00 Å². The molecule has 20 heavy (non-hydrogen) atoms. The Balaban J connectivity index is 1.47. The molecule has 1 unspecified atom stereocenters. The van der Waals surface area contributed by atoms with Gasteiger partial charge >= 0.3 is 5.97 Å². The number of nitrogens with zero attached hydrogens (tertiary/aromatic N) is 1. The summed E-state index contributed by atoms with van der Waals surface area (Å²) in [5.74, 6) is 0.384. The van der Waals surface area contributed by atoms with Gasteiger partial charge in [0.2, 0.25) is 0 Å². The van der Waals surface area contributed by atoms with Gasteiger partial charge in [-0.25, -0.2) is 4.79 Å². The van der Waals surface area contributed by atoms with E-state index in [9.17, 15) is 4.79 Å². The highest BCUT2D eigenvalue weighted by Crippen LogP contribution is 2.60. The Morgan fingerprint density at radius 3 is 2.95 bits per heavy atom. The number of hydrogen-bond donors (Lipinski definition) is 1. The van der Waals surface area contributed by atoms with E-state index in [0.29, 0.717) is 23.4 Å². The van der Waals surface area contributed by atoms with Gasteiger partial charge in [0.15, 0.2) is 0 Å². The summed E-state index contributed by atoms with van der Waals surface area (Å²) in [5.41, 5.74) is 1.36. The van der Waals surface area contributed by atoms with Gasteiger partial charge in [-0.1, -0.05) is 12.8 Å². The van der Waals surface area contributed by atoms with E-state index < -0.39 is 0 Å². The number of ether oxygens (including phenoxy) is 1. The molecule has 106 valence electrons. The van der Waals surface area contributed by atoms with E-state index in [1.165, 1.54) is 38.5 Å². The summed E-state index contributed by atoms with van der Waals surface area (Å²) >= 11 is 0. The number of carbonyl (C=O) groups excluding carboxylic acids is 1. The van der Waals surface area contributed by atoms with Crippen molar-refractivity contribution in [3.05, 3.63) is 23.5 Å². The molecule has 4 nitrogen and oxygen atoms in total. The smallest absolute Gasteiger partial charge is 0.354 e. The molecule has 1 spiro atoms. The average Bonchev–Trinajstić information content (AvgIpc) is 3.05. The van der Waals surface area contributed by atoms with Crippen LogP contribution in [-0.2, 0) is 4.74 Å². The van der Waals surface area contributed by atoms with E-state index in [1.807, 2.05) is 6.07 Å². The fourth-order valence-electron chi connectivity index (χ4n) is 3.60. The van der Waals surface area contributed by atoms with Crippen molar-refractivity contribution in [2.45, 2.75) is 44.9 Å². The third kappa shape index (κ3) is 2.58. The third-order valence-electron chi connectivity index (χ3n) is 4.96. The van der Waals surface area contributed by atoms with Crippen LogP contribution in [-0.4, -0.2) is 17.6 Å². The lowest BCUT2D eigenvalue weighted by Gasteiger charge is -2.31. The lowest BCUT2D eigenvalue weighted by molar-refractivity contribution is 0.0440. The fourth-order valence-corrected chi connectivity index (χ4v) is 3.60. The summed E-state index contributed by atoms with van der Waals surface area (Å²) in [4.78, 5) is 14.6. The molecule has 0 amide bonds. The van der Waals surface area contributed by atoms with Crippen LogP contribution in [0.1, 0.15) is 61.1 Å². The molecule has 0 aromatic carbocycles. The van der Waals surface area contributed by atoms with E-state index >= 15 is 0 Å². The number of esters is 1. The molecule has 1 aromatic rings. The van der Waals surface area contributed by atoms with Crippen molar-refractivity contribution in [3.8, 4) is 6.07 Å². The van der Waals surface area contributed by atoms with Gasteiger partial charge in [-0.3, -0.25) is 0 Å². The van der Waals surface area contributed by atoms with Crippen LogP contribution in [0, 0.1) is 22.7 Å². The normalized spacial score (nSPS) is 23.2. The Bertz CT molecular complexity index is 537. The predicted octanol–water partition coefficient (Wildman–Crippen LogP) is 3.40. The van der Waals surface area contributed by atoms with Crippen molar-refractivity contribution in [2.24, 2.45) is 11.3 Å². The number of nitriles is 1. The van der Waals surface area contributed by atoms with Crippen LogP contribution >= 0.6 is 0 Å². The van der Waals surface area contributed by atoms with E-state index in [0.717, 1.165) is 12.3 Å². The minimum Gasteiger partial charge on any atom is -0.461 e. The lowest BCUT2D eigenvalue weighted by Crippen LogP contribution is -2.23. The number of H-pyrrole nitrogens is 1. The van der Waals surface area contributed by atoms with Crippen molar-refractivity contribution in [1.29, 1.82) is 5.26 Å². The van der Waals surface area contributed by atoms with Crippen molar-refractivity contribution in [1.82, 2.24) is 4.98 Å². The summed E-state index contributed by atoms with van der Waals surface area (Å²) in [6.07, 6.45) is 9.07. The zero-order chi connectivity index (χ0) is 14.0. The zero-order valence-electron chi connectivity index (χ0n) is 11.7. The Labute approximate surface area is 119 Å². The molecule has 3 rings (SSSR count). The fraction of sp³-hybridized carbons (Fsp3) is 0.625. The highest BCUT2D eigenvalue weighted by Gasteiger charge is 2.49. The second-order valence-corrected chi connectivity index (χ2v) is 6.13. The summed E-state index contributed by atoms with van der Waals surface area (Å²) in [6.45, 7) is 0.492. The molecule has 1 heterocycles. The molecule has 0 aliphatic heterocycles. The second-order valence-electron chi connectivity index (χ2n) is 6.13. The van der Waals surface area contributed by atoms with E-state index in [2.05, 4.69) is 4.98 Å². The molecule has 2 saturated carbocycles. The first-order valence-corrected chi connectivity index (χ1v) is 7.50. The maximum atomic E-state index is 11.8. The Morgan fingerprint density at radius 2 is 2.25 bits per heavy atom. The molecule has 0 saturated heterocycles. The molecule has 2 aliphatic carbocycles. The molecule has 1 aromatic heterocycles. The van der Waals surface area contributed by atoms with Gasteiger partial charge < -0.3 is 9.72 Å². The molecular weight excluding hydrogens is 252 g/mol. The maximum Gasteiger partial charge on any atom is 0.354 e. The Hall–Kier alpha value is -1.76. The first kappa shape index (κ1) is 13.2. The molecule has 2 aliphatic rings. The van der Waals surface area contributed by atoms with Crippen LogP contribution < -0.4 is 0 Å². The quantitative estimate of drug-likeness (QED) is 0.854. The Kier molecular flexibility index (Phi) is 3.52. The van der Waals surface area contributed by atoms with Gasteiger partial charge in [-0.15, -0.1) is 0 Å². The lowest BCUT2D eigenvalue weighted by atomic mass is 9.75. The molecule has 4 heteroatoms. The monoisotopic (exact) mass is 272 g/mol. The second kappa shape index (κ2) is 5.32.